The van der Waals surface area contributed by atoms with Gasteiger partial charge in [-0.15, -0.1) is 0 Å². The Hall–Kier alpha value is -1.55. The average Bonchev–Trinajstić information content (AvgIpc) is 2.42. The molecule has 0 spiro atoms. The molecule has 0 amide bonds. The highest BCUT2D eigenvalue weighted by molar-refractivity contribution is 7.71. The predicted octanol–water partition coefficient (Wildman–Crippen LogP) is 3.62. The van der Waals surface area contributed by atoms with Crippen LogP contribution in [0.3, 0.4) is 0 Å². The van der Waals surface area contributed by atoms with Gasteiger partial charge in [-0.2, -0.15) is 0 Å². The van der Waals surface area contributed by atoms with Crippen molar-refractivity contribution in [1.29, 1.82) is 0 Å². The molecule has 1 aliphatic carbocycles. The van der Waals surface area contributed by atoms with E-state index in [1.807, 2.05) is 19.2 Å². The maximum Gasteiger partial charge on any atom is 0.132 e. The number of rotatable bonds is 1. The zero-order valence-electron chi connectivity index (χ0n) is 11.2. The number of nitrogens with one attached hydrogen (secondary N) is 1. The molecule has 0 aromatic carbocycles. The second-order valence-electron chi connectivity index (χ2n) is 5.16. The van der Waals surface area contributed by atoms with E-state index in [2.05, 4.69) is 27.9 Å². The molecule has 98 valence electrons. The van der Waals surface area contributed by atoms with E-state index in [4.69, 9.17) is 12.2 Å². The van der Waals surface area contributed by atoms with Crippen molar-refractivity contribution in [3.63, 3.8) is 0 Å². The van der Waals surface area contributed by atoms with Crippen molar-refractivity contribution in [3.8, 4) is 0 Å². The summed E-state index contributed by atoms with van der Waals surface area (Å²) < 4.78 is 0.703. The Morgan fingerprint density at radius 1 is 1.37 bits per heavy atom. The number of aromatic nitrogens is 3. The summed E-state index contributed by atoms with van der Waals surface area (Å²) in [7, 11) is 0. The van der Waals surface area contributed by atoms with Gasteiger partial charge in [0.1, 0.15) is 10.5 Å². The van der Waals surface area contributed by atoms with Gasteiger partial charge in [-0.1, -0.05) is 18.3 Å². The van der Waals surface area contributed by atoms with Gasteiger partial charge in [-0.05, 0) is 44.7 Å². The van der Waals surface area contributed by atoms with Crippen LogP contribution in [0.5, 0.6) is 0 Å². The lowest BCUT2D eigenvalue weighted by Gasteiger charge is -2.25. The van der Waals surface area contributed by atoms with Crippen LogP contribution >= 0.6 is 12.2 Å². The van der Waals surface area contributed by atoms with E-state index in [0.717, 1.165) is 24.2 Å². The molecule has 4 heteroatoms. The van der Waals surface area contributed by atoms with E-state index in [1.54, 1.807) is 0 Å². The molecule has 1 atom stereocenters. The van der Waals surface area contributed by atoms with Crippen LogP contribution in [-0.2, 0) is 6.42 Å². The van der Waals surface area contributed by atoms with Gasteiger partial charge in [0.05, 0.1) is 5.69 Å². The minimum atomic E-state index is 0.327. The molecule has 2 aromatic heterocycles. The van der Waals surface area contributed by atoms with Gasteiger partial charge >= 0.3 is 0 Å². The second kappa shape index (κ2) is 4.85. The van der Waals surface area contributed by atoms with E-state index in [1.165, 1.54) is 23.4 Å². The zero-order chi connectivity index (χ0) is 13.4. The van der Waals surface area contributed by atoms with E-state index < -0.39 is 0 Å². The first-order chi connectivity index (χ1) is 9.16. The molecular weight excluding hydrogens is 254 g/mol. The van der Waals surface area contributed by atoms with Gasteiger partial charge in [0.25, 0.3) is 0 Å². The van der Waals surface area contributed by atoms with Gasteiger partial charge in [0.2, 0.25) is 0 Å². The highest BCUT2D eigenvalue weighted by Gasteiger charge is 2.25. The molecule has 1 aliphatic rings. The number of pyridine rings is 1. The Labute approximate surface area is 118 Å². The number of nitrogens with zero attached hydrogens (tertiary/aromatic N) is 2. The van der Waals surface area contributed by atoms with Crippen LogP contribution in [0.15, 0.2) is 18.3 Å². The Balaban J connectivity index is 2.17. The molecule has 2 heterocycles. The van der Waals surface area contributed by atoms with Gasteiger partial charge in [0, 0.05) is 23.4 Å². The minimum Gasteiger partial charge on any atom is -0.346 e. The fourth-order valence-electron chi connectivity index (χ4n) is 2.91. The van der Waals surface area contributed by atoms with Crippen molar-refractivity contribution >= 4 is 12.2 Å². The van der Waals surface area contributed by atoms with Crippen molar-refractivity contribution in [1.82, 2.24) is 15.0 Å². The molecule has 2 aromatic rings. The largest absolute Gasteiger partial charge is 0.346 e. The Morgan fingerprint density at radius 3 is 3.05 bits per heavy atom. The number of aromatic amines is 1. The summed E-state index contributed by atoms with van der Waals surface area (Å²) >= 11 is 5.34. The highest BCUT2D eigenvalue weighted by atomic mass is 32.1. The number of H-pyrrole nitrogens is 1. The van der Waals surface area contributed by atoms with Crippen LogP contribution in [0.2, 0.25) is 0 Å². The topological polar surface area (TPSA) is 41.6 Å². The first-order valence-corrected chi connectivity index (χ1v) is 7.09. The predicted molar refractivity (Wildman–Crippen MR) is 77.9 cm³/mol. The van der Waals surface area contributed by atoms with Crippen molar-refractivity contribution in [2.75, 3.05) is 0 Å². The lowest BCUT2D eigenvalue weighted by molar-refractivity contribution is 0.581. The lowest BCUT2D eigenvalue weighted by atomic mass is 9.83. The van der Waals surface area contributed by atoms with Crippen LogP contribution in [0.1, 0.15) is 47.1 Å². The van der Waals surface area contributed by atoms with E-state index in [9.17, 15) is 0 Å². The summed E-state index contributed by atoms with van der Waals surface area (Å²) in [6.07, 6.45) is 5.34. The maximum atomic E-state index is 5.34. The third-order valence-corrected chi connectivity index (χ3v) is 4.25. The van der Waals surface area contributed by atoms with Crippen molar-refractivity contribution in [2.24, 2.45) is 0 Å². The maximum absolute atomic E-state index is 5.34. The average molecular weight is 271 g/mol. The van der Waals surface area contributed by atoms with Crippen molar-refractivity contribution < 1.29 is 0 Å². The Kier molecular flexibility index (Phi) is 3.19. The summed E-state index contributed by atoms with van der Waals surface area (Å²) in [6, 6.07) is 4.21. The van der Waals surface area contributed by atoms with Crippen LogP contribution in [-0.4, -0.2) is 15.0 Å². The van der Waals surface area contributed by atoms with Crippen LogP contribution < -0.4 is 0 Å². The molecule has 0 radical (unpaired) electrons. The third kappa shape index (κ3) is 2.21. The number of aryl methyl sites for hydroxylation is 2. The first-order valence-electron chi connectivity index (χ1n) is 6.68. The summed E-state index contributed by atoms with van der Waals surface area (Å²) in [5.41, 5.74) is 4.85. The Morgan fingerprint density at radius 2 is 2.21 bits per heavy atom. The summed E-state index contributed by atoms with van der Waals surface area (Å²) in [6.45, 7) is 4.01. The highest BCUT2D eigenvalue weighted by Crippen LogP contribution is 2.35. The van der Waals surface area contributed by atoms with E-state index >= 15 is 0 Å². The first kappa shape index (κ1) is 12.5. The van der Waals surface area contributed by atoms with Crippen LogP contribution in [0.4, 0.5) is 0 Å². The SMILES string of the molecule is Cc1nc(=S)c(C)c(C2CCCc3cccnc32)[nH]1. The molecule has 0 aliphatic heterocycles. The van der Waals surface area contributed by atoms with Crippen LogP contribution in [0.25, 0.3) is 0 Å². The van der Waals surface area contributed by atoms with Crippen molar-refractivity contribution in [2.45, 2.75) is 39.0 Å². The normalized spacial score (nSPS) is 18.1. The fraction of sp³-hybridized carbons (Fsp3) is 0.400. The molecule has 0 fully saturated rings. The molecule has 19 heavy (non-hydrogen) atoms. The molecule has 0 bridgehead atoms. The van der Waals surface area contributed by atoms with Gasteiger partial charge in [-0.3, -0.25) is 4.98 Å². The number of fused-ring (bicyclic) bond motifs is 1. The van der Waals surface area contributed by atoms with Gasteiger partial charge in [-0.25, -0.2) is 4.98 Å². The summed E-state index contributed by atoms with van der Waals surface area (Å²) in [5, 5.41) is 0. The molecule has 0 saturated carbocycles. The monoisotopic (exact) mass is 271 g/mol. The summed E-state index contributed by atoms with van der Waals surface area (Å²) in [4.78, 5) is 12.3. The standard InChI is InChI=1S/C15H17N3S/c1-9-13(17-10(2)18-15(9)19)12-7-3-5-11-6-4-8-16-14(11)12/h4,6,8,12H,3,5,7H2,1-2H3,(H,17,18,19). The smallest absolute Gasteiger partial charge is 0.132 e. The molecule has 1 unspecified atom stereocenters. The summed E-state index contributed by atoms with van der Waals surface area (Å²) in [5.74, 6) is 1.21. The Bertz CT molecular complexity index is 675. The molecule has 3 rings (SSSR count). The quantitative estimate of drug-likeness (QED) is 0.805. The molecular formula is C15H17N3S. The zero-order valence-corrected chi connectivity index (χ0v) is 12.0. The van der Waals surface area contributed by atoms with Crippen LogP contribution in [0, 0.1) is 18.5 Å². The lowest BCUT2D eigenvalue weighted by Crippen LogP contribution is -2.16. The fourth-order valence-corrected chi connectivity index (χ4v) is 3.15. The number of hydrogen-bond donors (Lipinski definition) is 1. The molecule has 1 N–H and O–H groups in total. The van der Waals surface area contributed by atoms with Crippen molar-refractivity contribution in [3.05, 3.63) is 51.3 Å². The second-order valence-corrected chi connectivity index (χ2v) is 5.55. The van der Waals surface area contributed by atoms with E-state index in [-0.39, 0.29) is 0 Å². The minimum absolute atomic E-state index is 0.327. The van der Waals surface area contributed by atoms with Gasteiger partial charge < -0.3 is 4.98 Å². The van der Waals surface area contributed by atoms with E-state index in [0.29, 0.717) is 10.6 Å². The number of hydrogen-bond acceptors (Lipinski definition) is 3. The third-order valence-electron chi connectivity index (χ3n) is 3.85. The molecule has 0 saturated heterocycles. The molecule has 3 nitrogen and oxygen atoms in total. The van der Waals surface area contributed by atoms with Gasteiger partial charge in [0.15, 0.2) is 0 Å².